The number of nitrogens with one attached hydrogen (secondary N) is 1. The van der Waals surface area contributed by atoms with Crippen molar-refractivity contribution in [2.24, 2.45) is 12.8 Å². The van der Waals surface area contributed by atoms with Crippen molar-refractivity contribution in [3.63, 3.8) is 0 Å². The lowest BCUT2D eigenvalue weighted by molar-refractivity contribution is 0.177. The molecule has 0 aromatic carbocycles. The first-order chi connectivity index (χ1) is 10.5. The Kier molecular flexibility index (Phi) is 3.66. The summed E-state index contributed by atoms with van der Waals surface area (Å²) in [6.45, 7) is 2.95. The maximum absolute atomic E-state index is 11.5. The summed E-state index contributed by atoms with van der Waals surface area (Å²) in [5.41, 5.74) is 8.23. The molecule has 0 aliphatic carbocycles. The van der Waals surface area contributed by atoms with Crippen molar-refractivity contribution in [2.45, 2.75) is 32.5 Å². The molecule has 0 fully saturated rings. The second-order valence-corrected chi connectivity index (χ2v) is 5.52. The molecule has 0 saturated heterocycles. The Morgan fingerprint density at radius 1 is 1.55 bits per heavy atom. The number of nitrogens with two attached hydrogens (primary N) is 1. The number of carbonyl (C=O) groups excluding carboxylic acids is 1. The van der Waals surface area contributed by atoms with Gasteiger partial charge in [-0.05, 0) is 25.0 Å². The molecule has 22 heavy (non-hydrogen) atoms. The first-order valence-corrected chi connectivity index (χ1v) is 7.16. The zero-order valence-corrected chi connectivity index (χ0v) is 12.7. The monoisotopic (exact) mass is 301 g/mol. The number of rotatable bonds is 3. The summed E-state index contributed by atoms with van der Waals surface area (Å²) in [6.07, 6.45) is 4.42. The van der Waals surface area contributed by atoms with Gasteiger partial charge in [0.1, 0.15) is 0 Å². The fraction of sp³-hybridized carbons (Fsp3) is 0.429. The quantitative estimate of drug-likeness (QED) is 0.866. The van der Waals surface area contributed by atoms with Gasteiger partial charge < -0.3 is 16.0 Å². The Bertz CT molecular complexity index is 696. The molecule has 0 radical (unpaired) electrons. The van der Waals surface area contributed by atoms with Crippen LogP contribution in [0.5, 0.6) is 0 Å². The highest BCUT2D eigenvalue weighted by molar-refractivity contribution is 5.72. The number of hydrogen-bond acceptors (Lipinski definition) is 5. The third-order valence-corrected chi connectivity index (χ3v) is 3.80. The first-order valence-electron chi connectivity index (χ1n) is 7.16. The van der Waals surface area contributed by atoms with Gasteiger partial charge in [0.15, 0.2) is 0 Å². The number of primary amides is 1. The van der Waals surface area contributed by atoms with E-state index in [9.17, 15) is 4.79 Å². The fourth-order valence-electron chi connectivity index (χ4n) is 2.60. The molecule has 2 amide bonds. The number of carbonyl (C=O) groups is 1. The van der Waals surface area contributed by atoms with Gasteiger partial charge in [-0.3, -0.25) is 4.68 Å². The Morgan fingerprint density at radius 2 is 2.36 bits per heavy atom. The van der Waals surface area contributed by atoms with Crippen LogP contribution in [-0.2, 0) is 26.6 Å². The molecule has 1 unspecified atom stereocenters. The van der Waals surface area contributed by atoms with Crippen LogP contribution in [0.3, 0.4) is 0 Å². The van der Waals surface area contributed by atoms with E-state index in [-0.39, 0.29) is 6.04 Å². The molecule has 8 nitrogen and oxygen atoms in total. The van der Waals surface area contributed by atoms with Crippen molar-refractivity contribution in [2.75, 3.05) is 5.32 Å². The summed E-state index contributed by atoms with van der Waals surface area (Å²) < 4.78 is 1.75. The van der Waals surface area contributed by atoms with Gasteiger partial charge in [-0.2, -0.15) is 5.10 Å². The topological polar surface area (TPSA) is 102 Å². The zero-order chi connectivity index (χ0) is 15.7. The van der Waals surface area contributed by atoms with Gasteiger partial charge >= 0.3 is 6.03 Å². The second-order valence-electron chi connectivity index (χ2n) is 5.52. The average Bonchev–Trinajstić information content (AvgIpc) is 2.90. The number of fused-ring (bicyclic) bond motifs is 1. The van der Waals surface area contributed by atoms with Crippen molar-refractivity contribution in [1.29, 1.82) is 0 Å². The van der Waals surface area contributed by atoms with Gasteiger partial charge in [0.2, 0.25) is 5.95 Å². The Balaban J connectivity index is 1.73. The van der Waals surface area contributed by atoms with Crippen LogP contribution in [-0.4, -0.2) is 36.7 Å². The minimum Gasteiger partial charge on any atom is -0.351 e. The van der Waals surface area contributed by atoms with Gasteiger partial charge in [0.05, 0.1) is 24.5 Å². The van der Waals surface area contributed by atoms with E-state index >= 15 is 0 Å². The molecule has 0 bridgehead atoms. The lowest BCUT2D eigenvalue weighted by Crippen LogP contribution is -2.45. The highest BCUT2D eigenvalue weighted by Crippen LogP contribution is 2.21. The van der Waals surface area contributed by atoms with Crippen LogP contribution in [0, 0.1) is 0 Å². The third kappa shape index (κ3) is 2.85. The van der Waals surface area contributed by atoms with Crippen LogP contribution in [0.25, 0.3) is 0 Å². The smallest absolute Gasteiger partial charge is 0.315 e. The predicted molar refractivity (Wildman–Crippen MR) is 80.9 cm³/mol. The van der Waals surface area contributed by atoms with Crippen molar-refractivity contribution < 1.29 is 4.79 Å². The van der Waals surface area contributed by atoms with E-state index in [1.807, 2.05) is 32.4 Å². The SMILES string of the molecule is CC1Cc2cnc(NCc3ccn(C)n3)nc2CN1C(N)=O. The van der Waals surface area contributed by atoms with Gasteiger partial charge in [-0.15, -0.1) is 0 Å². The Morgan fingerprint density at radius 3 is 3.05 bits per heavy atom. The number of nitrogens with zero attached hydrogens (tertiary/aromatic N) is 5. The maximum Gasteiger partial charge on any atom is 0.315 e. The van der Waals surface area contributed by atoms with Crippen LogP contribution in [0.1, 0.15) is 23.9 Å². The zero-order valence-electron chi connectivity index (χ0n) is 12.7. The van der Waals surface area contributed by atoms with Gasteiger partial charge in [0.25, 0.3) is 0 Å². The van der Waals surface area contributed by atoms with Crippen molar-refractivity contribution in [1.82, 2.24) is 24.6 Å². The number of aromatic nitrogens is 4. The van der Waals surface area contributed by atoms with Gasteiger partial charge in [-0.1, -0.05) is 0 Å². The van der Waals surface area contributed by atoms with E-state index in [0.717, 1.165) is 23.4 Å². The van der Waals surface area contributed by atoms with Crippen LogP contribution >= 0.6 is 0 Å². The predicted octanol–water partition coefficient (Wildman–Crippen LogP) is 0.647. The summed E-state index contributed by atoms with van der Waals surface area (Å²) in [4.78, 5) is 21.9. The molecule has 0 spiro atoms. The van der Waals surface area contributed by atoms with Crippen LogP contribution in [0.4, 0.5) is 10.7 Å². The Labute approximate surface area is 128 Å². The normalized spacial score (nSPS) is 17.2. The first kappa shape index (κ1) is 14.3. The van der Waals surface area contributed by atoms with E-state index in [1.54, 1.807) is 9.58 Å². The van der Waals surface area contributed by atoms with E-state index in [0.29, 0.717) is 19.0 Å². The molecule has 2 aromatic heterocycles. The van der Waals surface area contributed by atoms with Gasteiger partial charge in [0, 0.05) is 25.5 Å². The number of aryl methyl sites for hydroxylation is 1. The largest absolute Gasteiger partial charge is 0.351 e. The second kappa shape index (κ2) is 5.63. The minimum absolute atomic E-state index is 0.0703. The van der Waals surface area contributed by atoms with Crippen molar-refractivity contribution in [3.05, 3.63) is 35.4 Å². The molecular formula is C14H19N7O. The molecule has 1 aliphatic heterocycles. The summed E-state index contributed by atoms with van der Waals surface area (Å²) >= 11 is 0. The van der Waals surface area contributed by atoms with Gasteiger partial charge in [-0.25, -0.2) is 14.8 Å². The highest BCUT2D eigenvalue weighted by atomic mass is 16.2. The number of anilines is 1. The van der Waals surface area contributed by atoms with E-state index in [2.05, 4.69) is 20.4 Å². The van der Waals surface area contributed by atoms with E-state index in [1.165, 1.54) is 0 Å². The third-order valence-electron chi connectivity index (χ3n) is 3.80. The summed E-state index contributed by atoms with van der Waals surface area (Å²) in [7, 11) is 1.87. The molecule has 3 N–H and O–H groups in total. The van der Waals surface area contributed by atoms with E-state index < -0.39 is 6.03 Å². The number of urea groups is 1. The summed E-state index contributed by atoms with van der Waals surface area (Å²) in [5.74, 6) is 0.531. The highest BCUT2D eigenvalue weighted by Gasteiger charge is 2.26. The lowest BCUT2D eigenvalue weighted by atomic mass is 10.0. The van der Waals surface area contributed by atoms with Crippen LogP contribution in [0.2, 0.25) is 0 Å². The Hall–Kier alpha value is -2.64. The molecule has 3 rings (SSSR count). The molecule has 3 heterocycles. The van der Waals surface area contributed by atoms with Crippen LogP contribution in [0.15, 0.2) is 18.5 Å². The molecular weight excluding hydrogens is 282 g/mol. The average molecular weight is 301 g/mol. The molecule has 2 aromatic rings. The molecule has 1 atom stereocenters. The molecule has 1 aliphatic rings. The van der Waals surface area contributed by atoms with Crippen molar-refractivity contribution >= 4 is 12.0 Å². The lowest BCUT2D eigenvalue weighted by Gasteiger charge is -2.32. The summed E-state index contributed by atoms with van der Waals surface area (Å²) in [6, 6.07) is 1.59. The standard InChI is InChI=1S/C14H19N7O/c1-9-5-10-6-16-14(17-7-11-3-4-20(2)19-11)18-12(10)8-21(9)13(15)22/h3-4,6,9H,5,7-8H2,1-2H3,(H2,15,22)(H,16,17,18). The molecule has 0 saturated carbocycles. The number of hydrogen-bond donors (Lipinski definition) is 2. The van der Waals surface area contributed by atoms with E-state index in [4.69, 9.17) is 5.73 Å². The molecule has 8 heteroatoms. The number of amides is 2. The fourth-order valence-corrected chi connectivity index (χ4v) is 2.60. The van der Waals surface area contributed by atoms with Crippen LogP contribution < -0.4 is 11.1 Å². The van der Waals surface area contributed by atoms with Crippen molar-refractivity contribution in [3.8, 4) is 0 Å². The maximum atomic E-state index is 11.5. The summed E-state index contributed by atoms with van der Waals surface area (Å²) in [5, 5.41) is 7.43. The molecule has 116 valence electrons. The minimum atomic E-state index is -0.417.